The Kier molecular flexibility index (Phi) is 4.56. The molecule has 0 spiro atoms. The molecule has 2 aromatic carbocycles. The molecular formula is C19H18ClN3O2S. The van der Waals surface area contributed by atoms with Crippen LogP contribution in [-0.2, 0) is 16.6 Å². The Hall–Kier alpha value is -2.15. The van der Waals surface area contributed by atoms with E-state index in [1.54, 1.807) is 18.3 Å². The van der Waals surface area contributed by atoms with Gasteiger partial charge in [0.05, 0.1) is 10.4 Å². The molecular weight excluding hydrogens is 370 g/mol. The summed E-state index contributed by atoms with van der Waals surface area (Å²) in [5, 5.41) is 5.02. The van der Waals surface area contributed by atoms with E-state index in [9.17, 15) is 8.42 Å². The Bertz CT molecular complexity index is 1050. The van der Waals surface area contributed by atoms with E-state index in [-0.39, 0.29) is 6.04 Å². The van der Waals surface area contributed by atoms with Gasteiger partial charge in [-0.15, -0.1) is 0 Å². The van der Waals surface area contributed by atoms with Gasteiger partial charge in [0.15, 0.2) is 0 Å². The van der Waals surface area contributed by atoms with E-state index in [0.717, 1.165) is 35.0 Å². The van der Waals surface area contributed by atoms with Crippen LogP contribution in [0.5, 0.6) is 0 Å². The lowest BCUT2D eigenvalue weighted by atomic mass is 10.1. The Labute approximate surface area is 157 Å². The quantitative estimate of drug-likeness (QED) is 0.672. The fraction of sp³-hybridized carbons (Fsp3) is 0.211. The predicted octanol–water partition coefficient (Wildman–Crippen LogP) is 3.94. The third kappa shape index (κ3) is 3.82. The van der Waals surface area contributed by atoms with Crippen LogP contribution in [0.1, 0.15) is 18.4 Å². The van der Waals surface area contributed by atoms with Crippen molar-refractivity contribution >= 4 is 38.2 Å². The van der Waals surface area contributed by atoms with Crippen LogP contribution in [0.15, 0.2) is 59.6 Å². The molecule has 0 saturated heterocycles. The lowest BCUT2D eigenvalue weighted by Gasteiger charge is -2.11. The van der Waals surface area contributed by atoms with Crippen LogP contribution < -0.4 is 10.0 Å². The van der Waals surface area contributed by atoms with E-state index < -0.39 is 10.0 Å². The summed E-state index contributed by atoms with van der Waals surface area (Å²) in [5.74, 6) is 0. The van der Waals surface area contributed by atoms with Crippen molar-refractivity contribution in [2.24, 2.45) is 0 Å². The van der Waals surface area contributed by atoms with Crippen molar-refractivity contribution in [1.29, 1.82) is 0 Å². The van der Waals surface area contributed by atoms with Gasteiger partial charge in [-0.3, -0.25) is 4.98 Å². The van der Waals surface area contributed by atoms with E-state index in [4.69, 9.17) is 11.6 Å². The molecule has 2 N–H and O–H groups in total. The molecule has 0 bridgehead atoms. The average Bonchev–Trinajstić information content (AvgIpc) is 3.43. The number of nitrogens with zero attached hydrogens (tertiary/aromatic N) is 1. The first-order chi connectivity index (χ1) is 12.5. The fourth-order valence-electron chi connectivity index (χ4n) is 2.75. The van der Waals surface area contributed by atoms with Crippen LogP contribution in [0.25, 0.3) is 10.9 Å². The topological polar surface area (TPSA) is 71.1 Å². The zero-order chi connectivity index (χ0) is 18.1. The van der Waals surface area contributed by atoms with Crippen molar-refractivity contribution in [1.82, 2.24) is 9.71 Å². The van der Waals surface area contributed by atoms with Crippen LogP contribution in [0.2, 0.25) is 5.02 Å². The number of anilines is 1. The minimum absolute atomic E-state index is 0.106. The fourth-order valence-corrected chi connectivity index (χ4v) is 4.22. The summed E-state index contributed by atoms with van der Waals surface area (Å²) in [7, 11) is -3.40. The van der Waals surface area contributed by atoms with Gasteiger partial charge >= 0.3 is 0 Å². The van der Waals surface area contributed by atoms with E-state index in [0.29, 0.717) is 16.5 Å². The minimum atomic E-state index is -3.40. The lowest BCUT2D eigenvalue weighted by Crippen LogP contribution is -2.25. The second-order valence-electron chi connectivity index (χ2n) is 6.41. The molecule has 0 amide bonds. The number of pyridine rings is 1. The second-order valence-corrected chi connectivity index (χ2v) is 8.56. The summed E-state index contributed by atoms with van der Waals surface area (Å²) >= 11 is 6.02. The van der Waals surface area contributed by atoms with E-state index >= 15 is 0 Å². The normalized spacial score (nSPS) is 14.5. The maximum absolute atomic E-state index is 12.2. The number of rotatable bonds is 6. The Morgan fingerprint density at radius 1 is 1.08 bits per heavy atom. The Balaban J connectivity index is 1.48. The number of sulfonamides is 1. The molecule has 4 rings (SSSR count). The van der Waals surface area contributed by atoms with Gasteiger partial charge in [-0.05, 0) is 54.8 Å². The molecule has 5 nitrogen and oxygen atoms in total. The van der Waals surface area contributed by atoms with Gasteiger partial charge in [0.2, 0.25) is 10.0 Å². The summed E-state index contributed by atoms with van der Waals surface area (Å²) in [6.07, 6.45) is 3.58. The van der Waals surface area contributed by atoms with E-state index in [2.05, 4.69) is 15.0 Å². The first-order valence-corrected chi connectivity index (χ1v) is 10.3. The van der Waals surface area contributed by atoms with Gasteiger partial charge in [-0.2, -0.15) is 0 Å². The molecule has 1 saturated carbocycles. The maximum Gasteiger partial charge on any atom is 0.240 e. The third-order valence-corrected chi connectivity index (χ3v) is 6.09. The zero-order valence-electron chi connectivity index (χ0n) is 13.9. The minimum Gasteiger partial charge on any atom is -0.380 e. The summed E-state index contributed by atoms with van der Waals surface area (Å²) in [6, 6.07) is 14.6. The van der Waals surface area contributed by atoms with Crippen molar-refractivity contribution in [3.05, 3.63) is 65.3 Å². The van der Waals surface area contributed by atoms with Gasteiger partial charge in [0.1, 0.15) is 0 Å². The van der Waals surface area contributed by atoms with Crippen LogP contribution in [0, 0.1) is 0 Å². The first kappa shape index (κ1) is 17.3. The molecule has 1 heterocycles. The summed E-state index contributed by atoms with van der Waals surface area (Å²) < 4.78 is 27.1. The molecule has 0 aliphatic heterocycles. The first-order valence-electron chi connectivity index (χ1n) is 8.41. The van der Waals surface area contributed by atoms with Gasteiger partial charge < -0.3 is 5.32 Å². The SMILES string of the molecule is O=S(=O)(NC1CC1)c1ccc(CNc2ccnc3cc(Cl)ccc23)cc1. The largest absolute Gasteiger partial charge is 0.380 e. The molecule has 26 heavy (non-hydrogen) atoms. The van der Waals surface area contributed by atoms with Gasteiger partial charge in [0, 0.05) is 34.9 Å². The highest BCUT2D eigenvalue weighted by Crippen LogP contribution is 2.25. The molecule has 0 radical (unpaired) electrons. The number of benzene rings is 2. The molecule has 1 aliphatic carbocycles. The molecule has 7 heteroatoms. The van der Waals surface area contributed by atoms with E-state index in [1.807, 2.05) is 36.4 Å². The highest BCUT2D eigenvalue weighted by molar-refractivity contribution is 7.89. The molecule has 0 atom stereocenters. The van der Waals surface area contributed by atoms with Crippen molar-refractivity contribution in [3.8, 4) is 0 Å². The van der Waals surface area contributed by atoms with Crippen molar-refractivity contribution in [3.63, 3.8) is 0 Å². The number of nitrogens with one attached hydrogen (secondary N) is 2. The highest BCUT2D eigenvalue weighted by Gasteiger charge is 2.27. The number of halogens is 1. The van der Waals surface area contributed by atoms with Crippen LogP contribution in [0.4, 0.5) is 5.69 Å². The smallest absolute Gasteiger partial charge is 0.240 e. The van der Waals surface area contributed by atoms with E-state index in [1.165, 1.54) is 0 Å². The molecule has 134 valence electrons. The van der Waals surface area contributed by atoms with Gasteiger partial charge in [-0.1, -0.05) is 23.7 Å². The summed E-state index contributed by atoms with van der Waals surface area (Å²) in [5.41, 5.74) is 2.78. The molecule has 1 aliphatic rings. The molecule has 0 unspecified atom stereocenters. The number of aromatic nitrogens is 1. The maximum atomic E-state index is 12.2. The summed E-state index contributed by atoms with van der Waals surface area (Å²) in [6.45, 7) is 0.581. The Morgan fingerprint density at radius 2 is 1.85 bits per heavy atom. The molecule has 3 aromatic rings. The number of fused-ring (bicyclic) bond motifs is 1. The Morgan fingerprint density at radius 3 is 2.58 bits per heavy atom. The molecule has 1 fully saturated rings. The van der Waals surface area contributed by atoms with Gasteiger partial charge in [0.25, 0.3) is 0 Å². The summed E-state index contributed by atoms with van der Waals surface area (Å²) in [4.78, 5) is 4.63. The third-order valence-electron chi connectivity index (χ3n) is 4.32. The standard InChI is InChI=1S/C19H18ClN3O2S/c20-14-3-8-17-18(9-10-21-19(17)11-14)22-12-13-1-6-16(7-2-13)26(24,25)23-15-4-5-15/h1-3,6-11,15,23H,4-5,12H2,(H,21,22). The number of hydrogen-bond donors (Lipinski definition) is 2. The predicted molar refractivity (Wildman–Crippen MR) is 104 cm³/mol. The second kappa shape index (κ2) is 6.87. The zero-order valence-corrected chi connectivity index (χ0v) is 15.5. The lowest BCUT2D eigenvalue weighted by molar-refractivity contribution is 0.581. The monoisotopic (exact) mass is 387 g/mol. The number of hydrogen-bond acceptors (Lipinski definition) is 4. The van der Waals surface area contributed by atoms with Crippen molar-refractivity contribution in [2.45, 2.75) is 30.3 Å². The van der Waals surface area contributed by atoms with Gasteiger partial charge in [-0.25, -0.2) is 13.1 Å². The van der Waals surface area contributed by atoms with Crippen LogP contribution in [-0.4, -0.2) is 19.4 Å². The van der Waals surface area contributed by atoms with Crippen LogP contribution >= 0.6 is 11.6 Å². The van der Waals surface area contributed by atoms with Crippen molar-refractivity contribution < 1.29 is 8.42 Å². The highest BCUT2D eigenvalue weighted by atomic mass is 35.5. The molecule has 1 aromatic heterocycles. The van der Waals surface area contributed by atoms with Crippen LogP contribution in [0.3, 0.4) is 0 Å². The van der Waals surface area contributed by atoms with Crippen molar-refractivity contribution in [2.75, 3.05) is 5.32 Å². The average molecular weight is 388 g/mol.